The molecule has 7 nitrogen and oxygen atoms in total. The number of rotatable bonds is 4. The molecule has 0 radical (unpaired) electrons. The fourth-order valence-corrected chi connectivity index (χ4v) is 3.24. The summed E-state index contributed by atoms with van der Waals surface area (Å²) in [6, 6.07) is 11.5. The standard InChI is InChI=1S/C20H16FN3O4/c21-15-9-7-13(8-10-15)18-22-17(23-28-18)12-3-5-14(6-4-12)19(25)24-11-1-2-16(24)20(26)27/h3-10,16H,1-2,11H2,(H,26,27). The Kier molecular flexibility index (Phi) is 4.60. The molecule has 1 atom stereocenters. The quantitative estimate of drug-likeness (QED) is 0.745. The van der Waals surface area contributed by atoms with Crippen LogP contribution in [0.5, 0.6) is 0 Å². The molecule has 0 bridgehead atoms. The molecule has 1 aliphatic rings. The second-order valence-corrected chi connectivity index (χ2v) is 6.50. The summed E-state index contributed by atoms with van der Waals surface area (Å²) in [4.78, 5) is 29.6. The van der Waals surface area contributed by atoms with Gasteiger partial charge in [-0.05, 0) is 49.2 Å². The van der Waals surface area contributed by atoms with Crippen LogP contribution in [0.1, 0.15) is 23.2 Å². The van der Waals surface area contributed by atoms with Gasteiger partial charge in [0, 0.05) is 23.2 Å². The molecule has 1 amide bonds. The van der Waals surface area contributed by atoms with Gasteiger partial charge in [0.05, 0.1) is 0 Å². The number of aromatic nitrogens is 2. The lowest BCUT2D eigenvalue weighted by Crippen LogP contribution is -2.40. The molecule has 0 aliphatic carbocycles. The van der Waals surface area contributed by atoms with Crippen LogP contribution in [0.15, 0.2) is 53.1 Å². The van der Waals surface area contributed by atoms with E-state index in [0.29, 0.717) is 41.9 Å². The molecule has 1 unspecified atom stereocenters. The zero-order valence-electron chi connectivity index (χ0n) is 14.7. The zero-order valence-corrected chi connectivity index (χ0v) is 14.7. The number of likely N-dealkylation sites (tertiary alicyclic amines) is 1. The lowest BCUT2D eigenvalue weighted by Gasteiger charge is -2.21. The topological polar surface area (TPSA) is 96.5 Å². The van der Waals surface area contributed by atoms with E-state index in [-0.39, 0.29) is 17.6 Å². The Morgan fingerprint density at radius 3 is 2.43 bits per heavy atom. The second-order valence-electron chi connectivity index (χ2n) is 6.50. The number of benzene rings is 2. The van der Waals surface area contributed by atoms with Crippen LogP contribution in [0.25, 0.3) is 22.8 Å². The van der Waals surface area contributed by atoms with E-state index >= 15 is 0 Å². The molecule has 0 saturated carbocycles. The predicted molar refractivity (Wildman–Crippen MR) is 96.8 cm³/mol. The molecule has 3 aromatic rings. The number of carboxylic acid groups (broad SMARTS) is 1. The van der Waals surface area contributed by atoms with Gasteiger partial charge in [0.2, 0.25) is 5.82 Å². The van der Waals surface area contributed by atoms with Crippen LogP contribution in [-0.2, 0) is 4.79 Å². The third kappa shape index (κ3) is 3.36. The number of carboxylic acids is 1. The fourth-order valence-electron chi connectivity index (χ4n) is 3.24. The van der Waals surface area contributed by atoms with Crippen molar-refractivity contribution in [1.29, 1.82) is 0 Å². The van der Waals surface area contributed by atoms with E-state index in [9.17, 15) is 19.1 Å². The summed E-state index contributed by atoms with van der Waals surface area (Å²) >= 11 is 0. The van der Waals surface area contributed by atoms with Crippen molar-refractivity contribution < 1.29 is 23.6 Å². The molecule has 1 fully saturated rings. The fraction of sp³-hybridized carbons (Fsp3) is 0.200. The number of halogens is 1. The minimum Gasteiger partial charge on any atom is -0.480 e. The number of nitrogens with zero attached hydrogens (tertiary/aromatic N) is 3. The molecule has 0 spiro atoms. The lowest BCUT2D eigenvalue weighted by atomic mass is 10.1. The smallest absolute Gasteiger partial charge is 0.326 e. The summed E-state index contributed by atoms with van der Waals surface area (Å²) in [7, 11) is 0. The minimum absolute atomic E-state index is 0.261. The van der Waals surface area contributed by atoms with Crippen LogP contribution in [0, 0.1) is 5.82 Å². The van der Waals surface area contributed by atoms with Crippen LogP contribution in [0.2, 0.25) is 0 Å². The average Bonchev–Trinajstić information content (AvgIpc) is 3.38. The van der Waals surface area contributed by atoms with E-state index in [2.05, 4.69) is 10.1 Å². The van der Waals surface area contributed by atoms with Crippen LogP contribution < -0.4 is 0 Å². The Labute approximate surface area is 159 Å². The number of hydrogen-bond donors (Lipinski definition) is 1. The molecule has 1 N–H and O–H groups in total. The highest BCUT2D eigenvalue weighted by molar-refractivity contribution is 5.97. The van der Waals surface area contributed by atoms with Gasteiger partial charge in [0.25, 0.3) is 11.8 Å². The maximum atomic E-state index is 13.0. The Morgan fingerprint density at radius 2 is 1.75 bits per heavy atom. The summed E-state index contributed by atoms with van der Waals surface area (Å²) in [5, 5.41) is 13.2. The van der Waals surface area contributed by atoms with Crippen LogP contribution in [0.3, 0.4) is 0 Å². The molecule has 1 saturated heterocycles. The van der Waals surface area contributed by atoms with Gasteiger partial charge in [0.1, 0.15) is 11.9 Å². The summed E-state index contributed by atoms with van der Waals surface area (Å²) in [6.45, 7) is 0.434. The molecule has 1 aromatic heterocycles. The Hall–Kier alpha value is -3.55. The third-order valence-electron chi connectivity index (χ3n) is 4.71. The molecular formula is C20H16FN3O4. The van der Waals surface area contributed by atoms with E-state index in [1.54, 1.807) is 36.4 Å². The number of carbonyl (C=O) groups is 2. The molecule has 8 heteroatoms. The predicted octanol–water partition coefficient (Wildman–Crippen LogP) is 3.23. The molecule has 2 heterocycles. The number of hydrogen-bond acceptors (Lipinski definition) is 5. The van der Waals surface area contributed by atoms with Crippen LogP contribution in [0.4, 0.5) is 4.39 Å². The van der Waals surface area contributed by atoms with Gasteiger partial charge in [0.15, 0.2) is 0 Å². The van der Waals surface area contributed by atoms with Crippen molar-refractivity contribution in [3.8, 4) is 22.8 Å². The second kappa shape index (κ2) is 7.22. The first-order chi connectivity index (χ1) is 13.5. The maximum Gasteiger partial charge on any atom is 0.326 e. The largest absolute Gasteiger partial charge is 0.480 e. The van der Waals surface area contributed by atoms with E-state index in [1.807, 2.05) is 0 Å². The van der Waals surface area contributed by atoms with Crippen molar-refractivity contribution in [2.75, 3.05) is 6.54 Å². The van der Waals surface area contributed by atoms with Gasteiger partial charge >= 0.3 is 5.97 Å². The first kappa shape index (κ1) is 17.8. The molecule has 4 rings (SSSR count). The molecule has 142 valence electrons. The van der Waals surface area contributed by atoms with E-state index < -0.39 is 12.0 Å². The van der Waals surface area contributed by atoms with Gasteiger partial charge in [-0.15, -0.1) is 0 Å². The summed E-state index contributed by atoms with van der Waals surface area (Å²) < 4.78 is 18.2. The highest BCUT2D eigenvalue weighted by Crippen LogP contribution is 2.24. The molecule has 28 heavy (non-hydrogen) atoms. The van der Waals surface area contributed by atoms with Gasteiger partial charge in [-0.3, -0.25) is 4.79 Å². The van der Waals surface area contributed by atoms with E-state index in [0.717, 1.165) is 0 Å². The number of aliphatic carboxylic acids is 1. The van der Waals surface area contributed by atoms with Gasteiger partial charge < -0.3 is 14.5 Å². The SMILES string of the molecule is O=C(O)C1CCCN1C(=O)c1ccc(-c2noc(-c3ccc(F)cc3)n2)cc1. The van der Waals surface area contributed by atoms with Crippen molar-refractivity contribution in [3.63, 3.8) is 0 Å². The minimum atomic E-state index is -0.984. The van der Waals surface area contributed by atoms with Crippen LogP contribution >= 0.6 is 0 Å². The van der Waals surface area contributed by atoms with E-state index in [4.69, 9.17) is 4.52 Å². The first-order valence-electron chi connectivity index (χ1n) is 8.77. The first-order valence-corrected chi connectivity index (χ1v) is 8.77. The normalized spacial score (nSPS) is 16.3. The van der Waals surface area contributed by atoms with Crippen LogP contribution in [-0.4, -0.2) is 44.6 Å². The third-order valence-corrected chi connectivity index (χ3v) is 4.71. The van der Waals surface area contributed by atoms with Gasteiger partial charge in [-0.1, -0.05) is 17.3 Å². The zero-order chi connectivity index (χ0) is 19.7. The van der Waals surface area contributed by atoms with Crippen molar-refractivity contribution in [1.82, 2.24) is 15.0 Å². The van der Waals surface area contributed by atoms with Crippen molar-refractivity contribution >= 4 is 11.9 Å². The Morgan fingerprint density at radius 1 is 1.07 bits per heavy atom. The van der Waals surface area contributed by atoms with Crippen molar-refractivity contribution in [3.05, 3.63) is 59.9 Å². The summed E-state index contributed by atoms with van der Waals surface area (Å²) in [6.07, 6.45) is 1.14. The average molecular weight is 381 g/mol. The Bertz CT molecular complexity index is 1010. The summed E-state index contributed by atoms with van der Waals surface area (Å²) in [5.41, 5.74) is 1.64. The highest BCUT2D eigenvalue weighted by atomic mass is 19.1. The summed E-state index contributed by atoms with van der Waals surface area (Å²) in [5.74, 6) is -1.05. The van der Waals surface area contributed by atoms with Crippen molar-refractivity contribution in [2.45, 2.75) is 18.9 Å². The maximum absolute atomic E-state index is 13.0. The van der Waals surface area contributed by atoms with Gasteiger partial charge in [-0.25, -0.2) is 9.18 Å². The monoisotopic (exact) mass is 381 g/mol. The molecular weight excluding hydrogens is 365 g/mol. The van der Waals surface area contributed by atoms with Crippen molar-refractivity contribution in [2.24, 2.45) is 0 Å². The Balaban J connectivity index is 1.53. The van der Waals surface area contributed by atoms with Gasteiger partial charge in [-0.2, -0.15) is 4.98 Å². The lowest BCUT2D eigenvalue weighted by molar-refractivity contribution is -0.141. The number of amides is 1. The number of carbonyl (C=O) groups excluding carboxylic acids is 1. The highest BCUT2D eigenvalue weighted by Gasteiger charge is 2.34. The molecule has 2 aromatic carbocycles. The van der Waals surface area contributed by atoms with E-state index in [1.165, 1.54) is 17.0 Å². The molecule has 1 aliphatic heterocycles.